The van der Waals surface area contributed by atoms with Crippen molar-refractivity contribution in [2.24, 2.45) is 0 Å². The molecule has 1 atom stereocenters. The molecular weight excluding hydrogens is 336 g/mol. The molecule has 0 bridgehead atoms. The van der Waals surface area contributed by atoms with Gasteiger partial charge in [0, 0.05) is 5.38 Å². The van der Waals surface area contributed by atoms with Crippen LogP contribution in [-0.2, 0) is 4.79 Å². The maximum absolute atomic E-state index is 13.2. The molecule has 0 saturated heterocycles. The van der Waals surface area contributed by atoms with Crippen LogP contribution in [0.1, 0.15) is 5.69 Å². The average molecular weight is 352 g/mol. The molecule has 0 fully saturated rings. The lowest BCUT2D eigenvalue weighted by Crippen LogP contribution is -2.44. The third-order valence-electron chi connectivity index (χ3n) is 3.82. The minimum absolute atomic E-state index is 0.170. The van der Waals surface area contributed by atoms with Crippen molar-refractivity contribution in [2.75, 3.05) is 11.5 Å². The first-order valence-electron chi connectivity index (χ1n) is 7.92. The Morgan fingerprint density at radius 2 is 1.84 bits per heavy atom. The average Bonchev–Trinajstić information content (AvgIpc) is 3.08. The molecule has 1 aliphatic rings. The number of hydrogen-bond donors (Lipinski definition) is 0. The van der Waals surface area contributed by atoms with E-state index in [1.807, 2.05) is 60.8 Å². The number of hydrogen-bond acceptors (Lipinski definition) is 5. The van der Waals surface area contributed by atoms with Crippen LogP contribution in [0.4, 0.5) is 10.8 Å². The van der Waals surface area contributed by atoms with E-state index >= 15 is 0 Å². The number of benzene rings is 2. The van der Waals surface area contributed by atoms with Crippen molar-refractivity contribution in [3.05, 3.63) is 65.7 Å². The van der Waals surface area contributed by atoms with Gasteiger partial charge in [-0.3, -0.25) is 9.69 Å². The fraction of sp³-hybridized carbons (Fsp3) is 0.158. The quantitative estimate of drug-likeness (QED) is 0.716. The Kier molecular flexibility index (Phi) is 4.11. The predicted octanol–water partition coefficient (Wildman–Crippen LogP) is 3.96. The van der Waals surface area contributed by atoms with Gasteiger partial charge in [-0.15, -0.1) is 11.3 Å². The van der Waals surface area contributed by atoms with Crippen LogP contribution < -0.4 is 14.4 Å². The Morgan fingerprint density at radius 1 is 1.12 bits per heavy atom. The van der Waals surface area contributed by atoms with Gasteiger partial charge in [-0.1, -0.05) is 30.3 Å². The summed E-state index contributed by atoms with van der Waals surface area (Å²) < 4.78 is 11.6. The second-order valence-electron chi connectivity index (χ2n) is 5.64. The van der Waals surface area contributed by atoms with Crippen molar-refractivity contribution in [3.63, 3.8) is 0 Å². The van der Waals surface area contributed by atoms with E-state index in [0.717, 1.165) is 11.4 Å². The maximum atomic E-state index is 13.2. The SMILES string of the molecule is Cc1csc(N(C(=O)[C@H]2COc3ccccc3O2)c2ccccc2)n1. The zero-order valence-corrected chi connectivity index (χ0v) is 14.4. The first-order chi connectivity index (χ1) is 12.2. The predicted molar refractivity (Wildman–Crippen MR) is 96.8 cm³/mol. The van der Waals surface area contributed by atoms with E-state index in [1.165, 1.54) is 11.3 Å². The minimum Gasteiger partial charge on any atom is -0.485 e. The normalized spacial score (nSPS) is 15.6. The molecule has 0 unspecified atom stereocenters. The third kappa shape index (κ3) is 3.08. The second-order valence-corrected chi connectivity index (χ2v) is 6.48. The van der Waals surface area contributed by atoms with Crippen LogP contribution in [0.15, 0.2) is 60.0 Å². The Hall–Kier alpha value is -2.86. The summed E-state index contributed by atoms with van der Waals surface area (Å²) in [6.07, 6.45) is -0.723. The standard InChI is InChI=1S/C19H16N2O3S/c1-13-12-25-19(20-13)21(14-7-3-2-4-8-14)18(22)17-11-23-15-9-5-6-10-16(15)24-17/h2-10,12,17H,11H2,1H3/t17-/m1/s1. The number of para-hydroxylation sites is 3. The highest BCUT2D eigenvalue weighted by Gasteiger charge is 2.33. The monoisotopic (exact) mass is 352 g/mol. The van der Waals surface area contributed by atoms with Gasteiger partial charge in [-0.05, 0) is 31.2 Å². The van der Waals surface area contributed by atoms with Crippen molar-refractivity contribution in [1.29, 1.82) is 0 Å². The summed E-state index contributed by atoms with van der Waals surface area (Å²) in [4.78, 5) is 19.3. The lowest BCUT2D eigenvalue weighted by Gasteiger charge is -2.29. The Labute approximate surface area is 149 Å². The fourth-order valence-electron chi connectivity index (χ4n) is 2.64. The number of anilines is 2. The molecule has 0 aliphatic carbocycles. The summed E-state index contributed by atoms with van der Waals surface area (Å²) in [5.74, 6) is 1.04. The van der Waals surface area contributed by atoms with Crippen molar-refractivity contribution < 1.29 is 14.3 Å². The van der Waals surface area contributed by atoms with Gasteiger partial charge in [-0.25, -0.2) is 4.98 Å². The van der Waals surface area contributed by atoms with E-state index in [-0.39, 0.29) is 12.5 Å². The molecule has 1 aliphatic heterocycles. The number of fused-ring (bicyclic) bond motifs is 1. The summed E-state index contributed by atoms with van der Waals surface area (Å²) in [7, 11) is 0. The van der Waals surface area contributed by atoms with Gasteiger partial charge >= 0.3 is 0 Å². The van der Waals surface area contributed by atoms with Gasteiger partial charge in [0.25, 0.3) is 5.91 Å². The van der Waals surface area contributed by atoms with Crippen LogP contribution >= 0.6 is 11.3 Å². The number of carbonyl (C=O) groups is 1. The zero-order chi connectivity index (χ0) is 17.2. The van der Waals surface area contributed by atoms with Gasteiger partial charge in [0.2, 0.25) is 6.10 Å². The van der Waals surface area contributed by atoms with Crippen molar-refractivity contribution in [2.45, 2.75) is 13.0 Å². The van der Waals surface area contributed by atoms with Crippen LogP contribution in [-0.4, -0.2) is 23.6 Å². The topological polar surface area (TPSA) is 51.7 Å². The van der Waals surface area contributed by atoms with E-state index in [1.54, 1.807) is 11.0 Å². The highest BCUT2D eigenvalue weighted by atomic mass is 32.1. The van der Waals surface area contributed by atoms with Crippen LogP contribution in [0.2, 0.25) is 0 Å². The number of aryl methyl sites for hydroxylation is 1. The number of rotatable bonds is 3. The number of amides is 1. The largest absolute Gasteiger partial charge is 0.485 e. The highest BCUT2D eigenvalue weighted by molar-refractivity contribution is 7.14. The second kappa shape index (κ2) is 6.57. The van der Waals surface area contributed by atoms with Gasteiger partial charge in [0.15, 0.2) is 16.6 Å². The molecular formula is C19H16N2O3S. The van der Waals surface area contributed by atoms with Crippen LogP contribution in [0.25, 0.3) is 0 Å². The van der Waals surface area contributed by atoms with Gasteiger partial charge in [-0.2, -0.15) is 0 Å². The first kappa shape index (κ1) is 15.7. The number of aromatic nitrogens is 1. The number of nitrogens with zero attached hydrogens (tertiary/aromatic N) is 2. The highest BCUT2D eigenvalue weighted by Crippen LogP contribution is 2.34. The molecule has 1 aromatic heterocycles. The fourth-order valence-corrected chi connectivity index (χ4v) is 3.46. The number of carbonyl (C=O) groups excluding carboxylic acids is 1. The van der Waals surface area contributed by atoms with E-state index < -0.39 is 6.10 Å². The van der Waals surface area contributed by atoms with Crippen molar-refractivity contribution in [1.82, 2.24) is 4.98 Å². The molecule has 0 spiro atoms. The summed E-state index contributed by atoms with van der Waals surface area (Å²) >= 11 is 1.43. The molecule has 1 amide bonds. The van der Waals surface area contributed by atoms with Gasteiger partial charge < -0.3 is 9.47 Å². The third-order valence-corrected chi connectivity index (χ3v) is 4.76. The van der Waals surface area contributed by atoms with Crippen molar-refractivity contribution in [3.8, 4) is 11.5 Å². The molecule has 126 valence electrons. The van der Waals surface area contributed by atoms with E-state index in [4.69, 9.17) is 9.47 Å². The molecule has 0 N–H and O–H groups in total. The summed E-state index contributed by atoms with van der Waals surface area (Å²) in [5, 5.41) is 2.54. The molecule has 0 saturated carbocycles. The van der Waals surface area contributed by atoms with Crippen molar-refractivity contribution >= 4 is 28.1 Å². The van der Waals surface area contributed by atoms with E-state index in [2.05, 4.69) is 4.98 Å². The summed E-state index contributed by atoms with van der Waals surface area (Å²) in [6.45, 7) is 2.08. The molecule has 0 radical (unpaired) electrons. The minimum atomic E-state index is -0.723. The molecule has 4 rings (SSSR count). The molecule has 2 heterocycles. The molecule has 5 nitrogen and oxygen atoms in total. The smallest absolute Gasteiger partial charge is 0.278 e. The van der Waals surface area contributed by atoms with Gasteiger partial charge in [0.05, 0.1) is 11.4 Å². The Bertz CT molecular complexity index is 894. The maximum Gasteiger partial charge on any atom is 0.278 e. The Morgan fingerprint density at radius 3 is 2.56 bits per heavy atom. The van der Waals surface area contributed by atoms with Crippen LogP contribution in [0.3, 0.4) is 0 Å². The molecule has 2 aromatic carbocycles. The number of ether oxygens (including phenoxy) is 2. The van der Waals surface area contributed by atoms with E-state index in [9.17, 15) is 4.79 Å². The van der Waals surface area contributed by atoms with E-state index in [0.29, 0.717) is 16.6 Å². The summed E-state index contributed by atoms with van der Waals surface area (Å²) in [6, 6.07) is 16.8. The van der Waals surface area contributed by atoms with Gasteiger partial charge in [0.1, 0.15) is 6.61 Å². The first-order valence-corrected chi connectivity index (χ1v) is 8.80. The number of thiazole rings is 1. The van der Waals surface area contributed by atoms with Crippen LogP contribution in [0.5, 0.6) is 11.5 Å². The van der Waals surface area contributed by atoms with Crippen LogP contribution in [0, 0.1) is 6.92 Å². The lowest BCUT2D eigenvalue weighted by atomic mass is 10.2. The summed E-state index contributed by atoms with van der Waals surface area (Å²) in [5.41, 5.74) is 1.63. The lowest BCUT2D eigenvalue weighted by molar-refractivity contribution is -0.126. The molecule has 25 heavy (non-hydrogen) atoms. The zero-order valence-electron chi connectivity index (χ0n) is 13.6. The Balaban J connectivity index is 1.67. The molecule has 6 heteroatoms. The molecule has 3 aromatic rings.